The van der Waals surface area contributed by atoms with Crippen LogP contribution in [0, 0.1) is 0 Å². The van der Waals surface area contributed by atoms with Gasteiger partial charge in [0.05, 0.1) is 24.3 Å². The largest absolute Gasteiger partial charge is 0.462 e. The van der Waals surface area contributed by atoms with Crippen molar-refractivity contribution in [1.82, 2.24) is 0 Å². The molecule has 0 bridgehead atoms. The number of unbranched alkanes of at least 4 members (excludes halogenated alkanes) is 10. The van der Waals surface area contributed by atoms with Crippen molar-refractivity contribution in [1.29, 1.82) is 0 Å². The third kappa shape index (κ3) is 12.8. The molecular formula is C24H38LiO4. The molecule has 0 amide bonds. The molecular weight excluding hydrogens is 359 g/mol. The average molecular weight is 398 g/mol. The van der Waals surface area contributed by atoms with Crippen molar-refractivity contribution in [2.45, 2.75) is 90.9 Å². The molecule has 0 aromatic heterocycles. The van der Waals surface area contributed by atoms with Crippen molar-refractivity contribution >= 4 is 30.8 Å². The van der Waals surface area contributed by atoms with Gasteiger partial charge in [0.15, 0.2) is 0 Å². The number of hydrogen-bond acceptors (Lipinski definition) is 4. The van der Waals surface area contributed by atoms with Gasteiger partial charge in [0.25, 0.3) is 0 Å². The Morgan fingerprint density at radius 3 is 1.34 bits per heavy atom. The van der Waals surface area contributed by atoms with Gasteiger partial charge in [-0.3, -0.25) is 0 Å². The Hall–Kier alpha value is -1.24. The van der Waals surface area contributed by atoms with Gasteiger partial charge in [-0.25, -0.2) is 9.59 Å². The first-order valence-electron chi connectivity index (χ1n) is 11.1. The van der Waals surface area contributed by atoms with Crippen LogP contribution in [0.2, 0.25) is 0 Å². The van der Waals surface area contributed by atoms with Crippen LogP contribution in [0.25, 0.3) is 0 Å². The zero-order valence-electron chi connectivity index (χ0n) is 18.8. The van der Waals surface area contributed by atoms with Gasteiger partial charge in [0.2, 0.25) is 0 Å². The van der Waals surface area contributed by atoms with Crippen molar-refractivity contribution in [2.75, 3.05) is 13.2 Å². The molecule has 29 heavy (non-hydrogen) atoms. The zero-order chi connectivity index (χ0) is 20.5. The van der Waals surface area contributed by atoms with E-state index in [1.54, 1.807) is 24.3 Å². The van der Waals surface area contributed by atoms with Gasteiger partial charge in [-0.15, -0.1) is 0 Å². The summed E-state index contributed by atoms with van der Waals surface area (Å²) in [6, 6.07) is 6.74. The number of carbonyl (C=O) groups is 2. The maximum absolute atomic E-state index is 12.4. The van der Waals surface area contributed by atoms with E-state index in [4.69, 9.17) is 9.47 Å². The molecule has 0 spiro atoms. The standard InChI is InChI=1S/C24H38O4.Li/c1-3-5-7-9-11-15-19-27-23(25)21-17-13-14-18-22(21)24(26)28-20-16-12-10-8-6-4-2;/h13-14,17-18H,3-12,15-16,19-20H2,1-2H3;. The second-order valence-corrected chi connectivity index (χ2v) is 7.35. The number of esters is 2. The number of hydrogen-bond donors (Lipinski definition) is 0. The Kier molecular flexibility index (Phi) is 18.0. The minimum Gasteiger partial charge on any atom is -0.462 e. The molecule has 0 aliphatic heterocycles. The van der Waals surface area contributed by atoms with Crippen LogP contribution in [-0.4, -0.2) is 44.0 Å². The summed E-state index contributed by atoms with van der Waals surface area (Å²) in [5, 5.41) is 0. The predicted molar refractivity (Wildman–Crippen MR) is 120 cm³/mol. The third-order valence-corrected chi connectivity index (χ3v) is 4.83. The van der Waals surface area contributed by atoms with Crippen LogP contribution in [0.3, 0.4) is 0 Å². The van der Waals surface area contributed by atoms with E-state index in [1.165, 1.54) is 51.4 Å². The second-order valence-electron chi connectivity index (χ2n) is 7.35. The zero-order valence-corrected chi connectivity index (χ0v) is 18.8. The van der Waals surface area contributed by atoms with Crippen molar-refractivity contribution < 1.29 is 19.1 Å². The van der Waals surface area contributed by atoms with E-state index in [2.05, 4.69) is 13.8 Å². The van der Waals surface area contributed by atoms with Crippen LogP contribution in [0.15, 0.2) is 24.3 Å². The van der Waals surface area contributed by atoms with Crippen molar-refractivity contribution in [3.05, 3.63) is 35.4 Å². The Morgan fingerprint density at radius 1 is 0.621 bits per heavy atom. The van der Waals surface area contributed by atoms with Gasteiger partial charge in [0, 0.05) is 18.9 Å². The predicted octanol–water partition coefficient (Wildman–Crippen LogP) is 6.34. The van der Waals surface area contributed by atoms with Crippen molar-refractivity contribution in [3.8, 4) is 0 Å². The molecule has 0 saturated heterocycles. The molecule has 0 N–H and O–H groups in total. The van der Waals surface area contributed by atoms with Crippen LogP contribution in [-0.2, 0) is 9.47 Å². The average Bonchev–Trinajstić information content (AvgIpc) is 2.72. The van der Waals surface area contributed by atoms with Crippen LogP contribution in [0.5, 0.6) is 0 Å². The number of carbonyl (C=O) groups excluding carboxylic acids is 2. The Balaban J connectivity index is 0.00000784. The molecule has 5 heteroatoms. The molecule has 0 saturated carbocycles. The van der Waals surface area contributed by atoms with E-state index in [0.717, 1.165) is 25.7 Å². The van der Waals surface area contributed by atoms with E-state index in [-0.39, 0.29) is 18.9 Å². The fraction of sp³-hybridized carbons (Fsp3) is 0.667. The minimum atomic E-state index is -0.444. The summed E-state index contributed by atoms with van der Waals surface area (Å²) in [7, 11) is 0. The normalized spacial score (nSPS) is 10.3. The quantitative estimate of drug-likeness (QED) is 0.185. The molecule has 4 nitrogen and oxygen atoms in total. The molecule has 0 atom stereocenters. The molecule has 1 aromatic rings. The smallest absolute Gasteiger partial charge is 0.339 e. The van der Waals surface area contributed by atoms with E-state index in [1.807, 2.05) is 0 Å². The summed E-state index contributed by atoms with van der Waals surface area (Å²) < 4.78 is 10.7. The van der Waals surface area contributed by atoms with Gasteiger partial charge < -0.3 is 9.47 Å². The van der Waals surface area contributed by atoms with E-state index in [0.29, 0.717) is 24.3 Å². The summed E-state index contributed by atoms with van der Waals surface area (Å²) in [5.41, 5.74) is 0.586. The van der Waals surface area contributed by atoms with Crippen molar-refractivity contribution in [3.63, 3.8) is 0 Å². The summed E-state index contributed by atoms with van der Waals surface area (Å²) in [6.07, 6.45) is 13.6. The Labute approximate surface area is 189 Å². The first-order valence-corrected chi connectivity index (χ1v) is 11.1. The van der Waals surface area contributed by atoms with Crippen LogP contribution in [0.4, 0.5) is 0 Å². The van der Waals surface area contributed by atoms with Crippen molar-refractivity contribution in [2.24, 2.45) is 0 Å². The molecule has 1 rings (SSSR count). The molecule has 0 unspecified atom stereocenters. The second kappa shape index (κ2) is 18.8. The molecule has 1 aromatic carbocycles. The number of rotatable bonds is 16. The molecule has 0 heterocycles. The first kappa shape index (κ1) is 27.8. The van der Waals surface area contributed by atoms with E-state index >= 15 is 0 Å². The Bertz CT molecular complexity index is 511. The molecule has 0 aliphatic rings. The van der Waals surface area contributed by atoms with E-state index in [9.17, 15) is 9.59 Å². The Morgan fingerprint density at radius 2 is 0.966 bits per heavy atom. The maximum atomic E-state index is 12.4. The summed E-state index contributed by atoms with van der Waals surface area (Å²) in [6.45, 7) is 5.17. The first-order chi connectivity index (χ1) is 13.7. The molecule has 159 valence electrons. The van der Waals surface area contributed by atoms with Crippen LogP contribution < -0.4 is 0 Å². The summed E-state index contributed by atoms with van der Waals surface area (Å²) in [4.78, 5) is 24.7. The summed E-state index contributed by atoms with van der Waals surface area (Å²) in [5.74, 6) is -0.888. The van der Waals surface area contributed by atoms with Crippen LogP contribution >= 0.6 is 0 Å². The number of benzene rings is 1. The fourth-order valence-corrected chi connectivity index (χ4v) is 3.09. The SMILES string of the molecule is CCCCCCCCOC(=O)c1ccccc1C(=O)OCCCCCCCC.[Li]. The minimum absolute atomic E-state index is 0. The van der Waals surface area contributed by atoms with Gasteiger partial charge >= 0.3 is 11.9 Å². The van der Waals surface area contributed by atoms with Gasteiger partial charge in [-0.1, -0.05) is 90.2 Å². The van der Waals surface area contributed by atoms with Gasteiger partial charge in [-0.2, -0.15) is 0 Å². The fourth-order valence-electron chi connectivity index (χ4n) is 3.09. The maximum Gasteiger partial charge on any atom is 0.339 e. The number of ether oxygens (including phenoxy) is 2. The monoisotopic (exact) mass is 397 g/mol. The van der Waals surface area contributed by atoms with Gasteiger partial charge in [-0.05, 0) is 25.0 Å². The van der Waals surface area contributed by atoms with E-state index < -0.39 is 11.9 Å². The van der Waals surface area contributed by atoms with Crippen LogP contribution in [0.1, 0.15) is 112 Å². The molecule has 0 aliphatic carbocycles. The topological polar surface area (TPSA) is 52.6 Å². The molecule has 0 fully saturated rings. The van der Waals surface area contributed by atoms with Gasteiger partial charge in [0.1, 0.15) is 0 Å². The molecule has 1 radical (unpaired) electrons. The third-order valence-electron chi connectivity index (χ3n) is 4.83. The summed E-state index contributed by atoms with van der Waals surface area (Å²) >= 11 is 0.